The molecule has 1 aromatic carbocycles. The number of benzene rings is 1. The van der Waals surface area contributed by atoms with Gasteiger partial charge in [-0.3, -0.25) is 9.36 Å². The summed E-state index contributed by atoms with van der Waals surface area (Å²) in [5.41, 5.74) is 0.555. The molecular weight excluding hydrogens is 304 g/mol. The summed E-state index contributed by atoms with van der Waals surface area (Å²) in [7, 11) is 0. The lowest BCUT2D eigenvalue weighted by molar-refractivity contribution is 0.607. The summed E-state index contributed by atoms with van der Waals surface area (Å²) in [6, 6.07) is 6.86. The lowest BCUT2D eigenvalue weighted by Gasteiger charge is -2.10. The van der Waals surface area contributed by atoms with Crippen LogP contribution in [0.15, 0.2) is 33.9 Å². The first-order chi connectivity index (χ1) is 10.5. The first-order valence-corrected chi connectivity index (χ1v) is 7.39. The van der Waals surface area contributed by atoms with Crippen LogP contribution in [0.25, 0.3) is 16.9 Å². The van der Waals surface area contributed by atoms with Gasteiger partial charge >= 0.3 is 5.69 Å². The predicted octanol–water partition coefficient (Wildman–Crippen LogP) is 2.25. The Balaban J connectivity index is 2.44. The Kier molecular flexibility index (Phi) is 3.62. The van der Waals surface area contributed by atoms with Crippen LogP contribution in [0.2, 0.25) is 5.02 Å². The SMILES string of the molecule is CCCn1c(=O)c2[nH]c(C)nc2n(-c2ccc(Cl)cc2)c1=O. The van der Waals surface area contributed by atoms with Gasteiger partial charge in [-0.15, -0.1) is 0 Å². The van der Waals surface area contributed by atoms with Crippen LogP contribution in [0, 0.1) is 6.92 Å². The van der Waals surface area contributed by atoms with Crippen LogP contribution >= 0.6 is 11.6 Å². The number of halogens is 1. The van der Waals surface area contributed by atoms with Crippen molar-refractivity contribution in [3.05, 3.63) is 56.0 Å². The second-order valence-corrected chi connectivity index (χ2v) is 5.51. The van der Waals surface area contributed by atoms with Crippen molar-refractivity contribution in [3.63, 3.8) is 0 Å². The zero-order valence-corrected chi connectivity index (χ0v) is 13.0. The molecule has 3 aromatic rings. The maximum atomic E-state index is 12.7. The highest BCUT2D eigenvalue weighted by molar-refractivity contribution is 6.30. The molecule has 2 heterocycles. The average Bonchev–Trinajstić information content (AvgIpc) is 2.87. The van der Waals surface area contributed by atoms with E-state index in [0.717, 1.165) is 0 Å². The van der Waals surface area contributed by atoms with Crippen LogP contribution in [-0.4, -0.2) is 19.1 Å². The summed E-state index contributed by atoms with van der Waals surface area (Å²) < 4.78 is 2.67. The number of imidazole rings is 1. The molecule has 6 nitrogen and oxygen atoms in total. The van der Waals surface area contributed by atoms with Crippen LogP contribution in [0.3, 0.4) is 0 Å². The summed E-state index contributed by atoms with van der Waals surface area (Å²) in [5, 5.41) is 0.577. The van der Waals surface area contributed by atoms with E-state index in [0.29, 0.717) is 40.7 Å². The van der Waals surface area contributed by atoms with Crippen LogP contribution in [0.4, 0.5) is 0 Å². The smallest absolute Gasteiger partial charge is 0.336 e. The Bertz CT molecular complexity index is 951. The lowest BCUT2D eigenvalue weighted by Crippen LogP contribution is -2.39. The van der Waals surface area contributed by atoms with Gasteiger partial charge in [0.25, 0.3) is 5.56 Å². The fraction of sp³-hybridized carbons (Fsp3) is 0.267. The molecule has 22 heavy (non-hydrogen) atoms. The minimum absolute atomic E-state index is 0.334. The van der Waals surface area contributed by atoms with Gasteiger partial charge in [0.2, 0.25) is 0 Å². The molecule has 0 aliphatic rings. The molecule has 3 rings (SSSR count). The number of fused-ring (bicyclic) bond motifs is 1. The first kappa shape index (κ1) is 14.6. The van der Waals surface area contributed by atoms with E-state index in [2.05, 4.69) is 9.97 Å². The Morgan fingerprint density at radius 2 is 1.91 bits per heavy atom. The van der Waals surface area contributed by atoms with Crippen molar-refractivity contribution in [1.82, 2.24) is 19.1 Å². The van der Waals surface area contributed by atoms with Crippen molar-refractivity contribution in [2.24, 2.45) is 0 Å². The Morgan fingerprint density at radius 1 is 1.23 bits per heavy atom. The van der Waals surface area contributed by atoms with E-state index in [9.17, 15) is 9.59 Å². The van der Waals surface area contributed by atoms with Crippen LogP contribution < -0.4 is 11.2 Å². The van der Waals surface area contributed by atoms with Crippen LogP contribution in [-0.2, 0) is 6.54 Å². The van der Waals surface area contributed by atoms with Gasteiger partial charge in [0, 0.05) is 11.6 Å². The van der Waals surface area contributed by atoms with Gasteiger partial charge in [0.1, 0.15) is 5.82 Å². The standard InChI is InChI=1S/C15H15ClN4O2/c1-3-8-19-14(21)12-13(18-9(2)17-12)20(15(19)22)11-6-4-10(16)5-7-11/h4-7H,3,8H2,1-2H3,(H,17,18). The highest BCUT2D eigenvalue weighted by atomic mass is 35.5. The molecule has 0 bridgehead atoms. The monoisotopic (exact) mass is 318 g/mol. The lowest BCUT2D eigenvalue weighted by atomic mass is 10.3. The highest BCUT2D eigenvalue weighted by Gasteiger charge is 2.17. The van der Waals surface area contributed by atoms with E-state index in [4.69, 9.17) is 11.6 Å². The number of hydrogen-bond donors (Lipinski definition) is 1. The van der Waals surface area contributed by atoms with E-state index in [1.165, 1.54) is 9.13 Å². The Hall–Kier alpha value is -2.34. The third-order valence-corrected chi connectivity index (χ3v) is 3.68. The van der Waals surface area contributed by atoms with Gasteiger partial charge in [-0.1, -0.05) is 18.5 Å². The van der Waals surface area contributed by atoms with Crippen molar-refractivity contribution in [1.29, 1.82) is 0 Å². The summed E-state index contributed by atoms with van der Waals surface area (Å²) >= 11 is 5.90. The largest absolute Gasteiger partial charge is 0.337 e. The van der Waals surface area contributed by atoms with Crippen molar-refractivity contribution < 1.29 is 0 Å². The third kappa shape index (κ3) is 2.25. The summed E-state index contributed by atoms with van der Waals surface area (Å²) in [6.07, 6.45) is 0.689. The zero-order valence-electron chi connectivity index (χ0n) is 12.3. The van der Waals surface area contributed by atoms with Gasteiger partial charge in [0.05, 0.1) is 5.69 Å². The molecule has 0 fully saturated rings. The van der Waals surface area contributed by atoms with Crippen molar-refractivity contribution in [2.75, 3.05) is 0 Å². The summed E-state index contributed by atoms with van der Waals surface area (Å²) in [4.78, 5) is 32.4. The second-order valence-electron chi connectivity index (χ2n) is 5.07. The van der Waals surface area contributed by atoms with Crippen molar-refractivity contribution in [3.8, 4) is 5.69 Å². The maximum absolute atomic E-state index is 12.7. The summed E-state index contributed by atoms with van der Waals surface area (Å²) in [5.74, 6) is 0.587. The van der Waals surface area contributed by atoms with E-state index in [-0.39, 0.29) is 5.56 Å². The minimum Gasteiger partial charge on any atom is -0.336 e. The van der Waals surface area contributed by atoms with Gasteiger partial charge in [-0.05, 0) is 37.6 Å². The maximum Gasteiger partial charge on any atom is 0.337 e. The Morgan fingerprint density at radius 3 is 2.55 bits per heavy atom. The molecule has 2 aromatic heterocycles. The minimum atomic E-state index is -0.395. The average molecular weight is 319 g/mol. The molecule has 0 saturated carbocycles. The molecule has 0 amide bonds. The van der Waals surface area contributed by atoms with Crippen molar-refractivity contribution in [2.45, 2.75) is 26.8 Å². The molecule has 0 unspecified atom stereocenters. The number of aromatic amines is 1. The van der Waals surface area contributed by atoms with Gasteiger partial charge in [0.15, 0.2) is 11.2 Å². The van der Waals surface area contributed by atoms with Crippen molar-refractivity contribution >= 4 is 22.8 Å². The molecule has 0 saturated heterocycles. The molecule has 0 aliphatic carbocycles. The molecule has 114 valence electrons. The molecule has 0 aliphatic heterocycles. The Labute approximate surface area is 131 Å². The van der Waals surface area contributed by atoms with Gasteiger partial charge < -0.3 is 4.98 Å². The van der Waals surface area contributed by atoms with E-state index in [1.54, 1.807) is 31.2 Å². The molecule has 7 heteroatoms. The number of nitrogens with one attached hydrogen (secondary N) is 1. The van der Waals surface area contributed by atoms with Crippen LogP contribution in [0.5, 0.6) is 0 Å². The number of aromatic nitrogens is 4. The number of H-pyrrole nitrogens is 1. The molecule has 0 atom stereocenters. The molecule has 0 radical (unpaired) electrons. The first-order valence-electron chi connectivity index (χ1n) is 7.01. The number of nitrogens with zero attached hydrogens (tertiary/aromatic N) is 3. The van der Waals surface area contributed by atoms with E-state index < -0.39 is 5.69 Å². The van der Waals surface area contributed by atoms with Gasteiger partial charge in [-0.2, -0.15) is 0 Å². The normalized spacial score (nSPS) is 11.2. The van der Waals surface area contributed by atoms with E-state index in [1.807, 2.05) is 6.92 Å². The topological polar surface area (TPSA) is 72.7 Å². The van der Waals surface area contributed by atoms with Crippen LogP contribution in [0.1, 0.15) is 19.2 Å². The predicted molar refractivity (Wildman–Crippen MR) is 86.0 cm³/mol. The highest BCUT2D eigenvalue weighted by Crippen LogP contribution is 2.15. The quantitative estimate of drug-likeness (QED) is 0.805. The molecular formula is C15H15ClN4O2. The fourth-order valence-corrected chi connectivity index (χ4v) is 2.59. The molecule has 1 N–H and O–H groups in total. The fourth-order valence-electron chi connectivity index (χ4n) is 2.47. The second kappa shape index (κ2) is 5.46. The number of rotatable bonds is 3. The zero-order chi connectivity index (χ0) is 15.9. The van der Waals surface area contributed by atoms with Gasteiger partial charge in [-0.25, -0.2) is 14.3 Å². The molecule has 0 spiro atoms. The van der Waals surface area contributed by atoms with E-state index >= 15 is 0 Å². The third-order valence-electron chi connectivity index (χ3n) is 3.43. The number of hydrogen-bond acceptors (Lipinski definition) is 3. The summed E-state index contributed by atoms with van der Waals surface area (Å²) in [6.45, 7) is 4.03. The number of aryl methyl sites for hydroxylation is 1.